The lowest BCUT2D eigenvalue weighted by Gasteiger charge is -2.02. The van der Waals surface area contributed by atoms with Gasteiger partial charge in [-0.3, -0.25) is 0 Å². The molecule has 1 N–H and O–H groups in total. The second kappa shape index (κ2) is 4.45. The fourth-order valence-electron chi connectivity index (χ4n) is 1.29. The van der Waals surface area contributed by atoms with Crippen molar-refractivity contribution in [1.29, 1.82) is 0 Å². The first-order valence-electron chi connectivity index (χ1n) is 4.73. The predicted molar refractivity (Wildman–Crippen MR) is 61.9 cm³/mol. The van der Waals surface area contributed by atoms with Crippen LogP contribution in [0.1, 0.15) is 5.76 Å². The van der Waals surface area contributed by atoms with Gasteiger partial charge in [-0.25, -0.2) is 4.79 Å². The Balaban J connectivity index is 2.39. The third-order valence-corrected chi connectivity index (χ3v) is 3.06. The fraction of sp³-hybridized carbons (Fsp3) is 0.0833. The molecule has 2 rings (SSSR count). The van der Waals surface area contributed by atoms with E-state index in [9.17, 15) is 9.90 Å². The minimum atomic E-state index is -0.508. The minimum absolute atomic E-state index is 0.0393. The summed E-state index contributed by atoms with van der Waals surface area (Å²) < 4.78 is 4.92. The van der Waals surface area contributed by atoms with E-state index in [-0.39, 0.29) is 10.6 Å². The Bertz CT molecular complexity index is 546. The lowest BCUT2D eigenvalue weighted by Crippen LogP contribution is -2.02. The Morgan fingerprint density at radius 2 is 1.94 bits per heavy atom. The molecule has 0 bridgehead atoms. The SMILES string of the molecule is Cc1cc(O)c(Sc2ccccc2)c(=O)o1. The standard InChI is InChI=1S/C12H10O3S/c1-8-7-10(13)11(12(14)15-8)16-9-5-3-2-4-6-9/h2-7,13H,1H3. The zero-order valence-corrected chi connectivity index (χ0v) is 9.45. The van der Waals surface area contributed by atoms with Crippen LogP contribution in [0, 0.1) is 6.92 Å². The van der Waals surface area contributed by atoms with Crippen LogP contribution in [0.3, 0.4) is 0 Å². The topological polar surface area (TPSA) is 50.4 Å². The summed E-state index contributed by atoms with van der Waals surface area (Å²) in [5, 5.41) is 9.65. The van der Waals surface area contributed by atoms with Gasteiger partial charge in [0.05, 0.1) is 0 Å². The largest absolute Gasteiger partial charge is 0.506 e. The van der Waals surface area contributed by atoms with Crippen LogP contribution >= 0.6 is 11.8 Å². The van der Waals surface area contributed by atoms with Crippen LogP contribution in [0.15, 0.2) is 55.4 Å². The highest BCUT2D eigenvalue weighted by molar-refractivity contribution is 7.99. The molecule has 0 aliphatic rings. The summed E-state index contributed by atoms with van der Waals surface area (Å²) >= 11 is 1.19. The van der Waals surface area contributed by atoms with Gasteiger partial charge in [0.2, 0.25) is 0 Å². The number of benzene rings is 1. The van der Waals surface area contributed by atoms with Crippen molar-refractivity contribution < 1.29 is 9.52 Å². The molecule has 82 valence electrons. The van der Waals surface area contributed by atoms with Crippen molar-refractivity contribution in [2.75, 3.05) is 0 Å². The molecule has 3 nitrogen and oxygen atoms in total. The van der Waals surface area contributed by atoms with E-state index in [1.165, 1.54) is 17.8 Å². The Kier molecular flexibility index (Phi) is 3.01. The highest BCUT2D eigenvalue weighted by Gasteiger charge is 2.10. The highest BCUT2D eigenvalue weighted by atomic mass is 32.2. The molecule has 0 saturated carbocycles. The van der Waals surface area contributed by atoms with Gasteiger partial charge < -0.3 is 9.52 Å². The first kappa shape index (κ1) is 10.8. The first-order chi connectivity index (χ1) is 7.66. The van der Waals surface area contributed by atoms with Crippen molar-refractivity contribution in [2.45, 2.75) is 16.7 Å². The van der Waals surface area contributed by atoms with Gasteiger partial charge in [-0.1, -0.05) is 30.0 Å². The minimum Gasteiger partial charge on any atom is -0.506 e. The number of hydrogen-bond donors (Lipinski definition) is 1. The van der Waals surface area contributed by atoms with Crippen molar-refractivity contribution in [1.82, 2.24) is 0 Å². The smallest absolute Gasteiger partial charge is 0.353 e. The Morgan fingerprint density at radius 3 is 2.56 bits per heavy atom. The normalized spacial score (nSPS) is 10.3. The van der Waals surface area contributed by atoms with Crippen LogP contribution in [-0.4, -0.2) is 5.11 Å². The van der Waals surface area contributed by atoms with Crippen molar-refractivity contribution in [2.24, 2.45) is 0 Å². The molecule has 0 spiro atoms. The van der Waals surface area contributed by atoms with E-state index in [1.807, 2.05) is 30.3 Å². The number of hydrogen-bond acceptors (Lipinski definition) is 4. The van der Waals surface area contributed by atoms with Gasteiger partial charge in [0, 0.05) is 11.0 Å². The molecular formula is C12H10O3S. The van der Waals surface area contributed by atoms with Crippen LogP contribution in [0.2, 0.25) is 0 Å². The molecule has 0 saturated heterocycles. The molecule has 1 heterocycles. The van der Waals surface area contributed by atoms with E-state index in [1.54, 1.807) is 6.92 Å². The van der Waals surface area contributed by atoms with Crippen molar-refractivity contribution in [3.8, 4) is 5.75 Å². The summed E-state index contributed by atoms with van der Waals surface area (Å²) in [4.78, 5) is 12.6. The molecule has 1 aromatic heterocycles. The van der Waals surface area contributed by atoms with E-state index >= 15 is 0 Å². The molecular weight excluding hydrogens is 224 g/mol. The summed E-state index contributed by atoms with van der Waals surface area (Å²) in [6.07, 6.45) is 0. The summed E-state index contributed by atoms with van der Waals surface area (Å²) in [7, 11) is 0. The average Bonchev–Trinajstić information content (AvgIpc) is 2.25. The van der Waals surface area contributed by atoms with E-state index in [4.69, 9.17) is 4.42 Å². The molecule has 1 aromatic carbocycles. The number of rotatable bonds is 2. The molecule has 0 aliphatic carbocycles. The van der Waals surface area contributed by atoms with Crippen LogP contribution < -0.4 is 5.63 Å². The van der Waals surface area contributed by atoms with Gasteiger partial charge in [-0.05, 0) is 19.1 Å². The Morgan fingerprint density at radius 1 is 1.25 bits per heavy atom. The van der Waals surface area contributed by atoms with Gasteiger partial charge >= 0.3 is 5.63 Å². The molecule has 0 radical (unpaired) electrons. The number of aromatic hydroxyl groups is 1. The van der Waals surface area contributed by atoms with Gasteiger partial charge in [-0.15, -0.1) is 0 Å². The first-order valence-corrected chi connectivity index (χ1v) is 5.55. The van der Waals surface area contributed by atoms with Crippen molar-refractivity contribution in [3.63, 3.8) is 0 Å². The maximum absolute atomic E-state index is 11.5. The monoisotopic (exact) mass is 234 g/mol. The quantitative estimate of drug-likeness (QED) is 0.868. The van der Waals surface area contributed by atoms with Gasteiger partial charge in [-0.2, -0.15) is 0 Å². The van der Waals surface area contributed by atoms with E-state index in [0.29, 0.717) is 5.76 Å². The lowest BCUT2D eigenvalue weighted by molar-refractivity contribution is 0.412. The maximum atomic E-state index is 11.5. The molecule has 2 aromatic rings. The lowest BCUT2D eigenvalue weighted by atomic mass is 10.4. The van der Waals surface area contributed by atoms with Gasteiger partial charge in [0.15, 0.2) is 0 Å². The second-order valence-electron chi connectivity index (χ2n) is 3.27. The molecule has 0 fully saturated rings. The van der Waals surface area contributed by atoms with Crippen LogP contribution in [0.4, 0.5) is 0 Å². The van der Waals surface area contributed by atoms with Crippen molar-refractivity contribution in [3.05, 3.63) is 52.6 Å². The van der Waals surface area contributed by atoms with Crippen molar-refractivity contribution >= 4 is 11.8 Å². The summed E-state index contributed by atoms with van der Waals surface area (Å²) in [5.41, 5.74) is -0.508. The fourth-order valence-corrected chi connectivity index (χ4v) is 2.10. The zero-order valence-electron chi connectivity index (χ0n) is 8.64. The average molecular weight is 234 g/mol. The Labute approximate surface area is 96.7 Å². The summed E-state index contributed by atoms with van der Waals surface area (Å²) in [5.74, 6) is 0.363. The molecule has 0 unspecified atom stereocenters. The highest BCUT2D eigenvalue weighted by Crippen LogP contribution is 2.31. The van der Waals surface area contributed by atoms with Gasteiger partial charge in [0.1, 0.15) is 16.4 Å². The molecule has 16 heavy (non-hydrogen) atoms. The second-order valence-corrected chi connectivity index (χ2v) is 4.36. The molecule has 4 heteroatoms. The molecule has 0 amide bonds. The third-order valence-electron chi connectivity index (χ3n) is 1.97. The third kappa shape index (κ3) is 2.28. The van der Waals surface area contributed by atoms with Crippen LogP contribution in [0.25, 0.3) is 0 Å². The molecule has 0 aliphatic heterocycles. The van der Waals surface area contributed by atoms with Crippen LogP contribution in [0.5, 0.6) is 5.75 Å². The van der Waals surface area contributed by atoms with Crippen LogP contribution in [-0.2, 0) is 0 Å². The van der Waals surface area contributed by atoms with E-state index < -0.39 is 5.63 Å². The maximum Gasteiger partial charge on any atom is 0.353 e. The van der Waals surface area contributed by atoms with E-state index in [2.05, 4.69) is 0 Å². The van der Waals surface area contributed by atoms with Gasteiger partial charge in [0.25, 0.3) is 0 Å². The number of aryl methyl sites for hydroxylation is 1. The predicted octanol–water partition coefficient (Wildman–Crippen LogP) is 2.81. The zero-order chi connectivity index (χ0) is 11.5. The Hall–Kier alpha value is -1.68. The summed E-state index contributed by atoms with van der Waals surface area (Å²) in [6.45, 7) is 1.62. The van der Waals surface area contributed by atoms with E-state index in [0.717, 1.165) is 4.90 Å². The summed E-state index contributed by atoms with van der Waals surface area (Å²) in [6, 6.07) is 10.8. The molecule has 0 atom stereocenters.